The molecule has 0 fully saturated rings. The Kier molecular flexibility index (Phi) is 1.84. The van der Waals surface area contributed by atoms with Gasteiger partial charge < -0.3 is 4.90 Å². The Morgan fingerprint density at radius 2 is 2.58 bits per heavy atom. The normalized spacial score (nSPS) is 15.9. The van der Waals surface area contributed by atoms with Gasteiger partial charge in [-0.3, -0.25) is 4.79 Å². The van der Waals surface area contributed by atoms with E-state index < -0.39 is 0 Å². The number of carbonyl (C=O) groups is 1. The number of rotatable bonds is 0. The second kappa shape index (κ2) is 2.86. The molecular weight excluding hydrogens is 172 g/mol. The molecule has 0 saturated carbocycles. The monoisotopic (exact) mass is 182 g/mol. The van der Waals surface area contributed by atoms with Crippen LogP contribution in [0.3, 0.4) is 0 Å². The summed E-state index contributed by atoms with van der Waals surface area (Å²) in [5.41, 5.74) is 2.94. The van der Waals surface area contributed by atoms with Crippen LogP contribution in [0.5, 0.6) is 0 Å². The molecule has 3 nitrogen and oxygen atoms in total. The molecule has 0 atom stereocenters. The first-order chi connectivity index (χ1) is 5.77. The highest BCUT2D eigenvalue weighted by Gasteiger charge is 2.19. The lowest BCUT2D eigenvalue weighted by molar-refractivity contribution is -0.129. The molecule has 0 aliphatic carbocycles. The van der Waals surface area contributed by atoms with E-state index in [0.717, 1.165) is 18.7 Å². The van der Waals surface area contributed by atoms with Crippen LogP contribution in [0.25, 0.3) is 0 Å². The predicted octanol–water partition coefficient (Wildman–Crippen LogP) is 1.05. The third-order valence-electron chi connectivity index (χ3n) is 2.12. The SMILES string of the molecule is CC(=O)N1CCc2scnc2C1. The third-order valence-corrected chi connectivity index (χ3v) is 3.06. The first kappa shape index (κ1) is 7.73. The molecule has 0 unspecified atom stereocenters. The fourth-order valence-corrected chi connectivity index (χ4v) is 2.16. The van der Waals surface area contributed by atoms with Crippen LogP contribution in [0.1, 0.15) is 17.5 Å². The van der Waals surface area contributed by atoms with Gasteiger partial charge in [0.25, 0.3) is 0 Å². The minimum atomic E-state index is 0.147. The van der Waals surface area contributed by atoms with Crippen molar-refractivity contribution in [2.45, 2.75) is 19.9 Å². The summed E-state index contributed by atoms with van der Waals surface area (Å²) in [6.45, 7) is 3.16. The van der Waals surface area contributed by atoms with E-state index in [2.05, 4.69) is 4.98 Å². The Hall–Kier alpha value is -0.900. The van der Waals surface area contributed by atoms with Crippen molar-refractivity contribution in [2.24, 2.45) is 0 Å². The highest BCUT2D eigenvalue weighted by Crippen LogP contribution is 2.20. The van der Waals surface area contributed by atoms with E-state index in [1.54, 1.807) is 18.3 Å². The zero-order chi connectivity index (χ0) is 8.55. The van der Waals surface area contributed by atoms with Crippen molar-refractivity contribution in [1.82, 2.24) is 9.88 Å². The van der Waals surface area contributed by atoms with Gasteiger partial charge in [0.1, 0.15) is 0 Å². The molecule has 0 aromatic carbocycles. The van der Waals surface area contributed by atoms with Gasteiger partial charge >= 0.3 is 0 Å². The van der Waals surface area contributed by atoms with Gasteiger partial charge in [0, 0.05) is 24.8 Å². The molecule has 12 heavy (non-hydrogen) atoms. The van der Waals surface area contributed by atoms with Crippen molar-refractivity contribution in [3.8, 4) is 0 Å². The molecule has 0 radical (unpaired) electrons. The van der Waals surface area contributed by atoms with Gasteiger partial charge in [0.05, 0.1) is 17.7 Å². The summed E-state index contributed by atoms with van der Waals surface area (Å²) >= 11 is 1.69. The lowest BCUT2D eigenvalue weighted by atomic mass is 10.2. The number of fused-ring (bicyclic) bond motifs is 1. The van der Waals surface area contributed by atoms with E-state index in [9.17, 15) is 4.79 Å². The van der Waals surface area contributed by atoms with Crippen molar-refractivity contribution in [1.29, 1.82) is 0 Å². The van der Waals surface area contributed by atoms with Gasteiger partial charge in [0.15, 0.2) is 0 Å². The first-order valence-corrected chi connectivity index (χ1v) is 4.82. The average molecular weight is 182 g/mol. The van der Waals surface area contributed by atoms with Crippen molar-refractivity contribution < 1.29 is 4.79 Å². The fraction of sp³-hybridized carbons (Fsp3) is 0.500. The van der Waals surface area contributed by atoms with Crippen LogP contribution in [0.15, 0.2) is 5.51 Å². The lowest BCUT2D eigenvalue weighted by Gasteiger charge is -2.24. The Balaban J connectivity index is 2.20. The summed E-state index contributed by atoms with van der Waals surface area (Å²) in [6, 6.07) is 0. The second-order valence-corrected chi connectivity index (χ2v) is 3.85. The molecule has 1 aliphatic rings. The van der Waals surface area contributed by atoms with E-state index in [1.807, 2.05) is 10.4 Å². The maximum absolute atomic E-state index is 11.0. The van der Waals surface area contributed by atoms with Crippen molar-refractivity contribution in [3.63, 3.8) is 0 Å². The average Bonchev–Trinajstić information content (AvgIpc) is 2.49. The molecule has 0 saturated heterocycles. The predicted molar refractivity (Wildman–Crippen MR) is 46.9 cm³/mol. The van der Waals surface area contributed by atoms with Crippen LogP contribution in [0.2, 0.25) is 0 Å². The molecule has 1 amide bonds. The third kappa shape index (κ3) is 1.22. The van der Waals surface area contributed by atoms with Crippen LogP contribution < -0.4 is 0 Å². The summed E-state index contributed by atoms with van der Waals surface area (Å²) in [5, 5.41) is 0. The topological polar surface area (TPSA) is 33.2 Å². The number of aromatic nitrogens is 1. The smallest absolute Gasteiger partial charge is 0.219 e. The van der Waals surface area contributed by atoms with E-state index in [4.69, 9.17) is 0 Å². The van der Waals surface area contributed by atoms with Crippen molar-refractivity contribution in [3.05, 3.63) is 16.1 Å². The highest BCUT2D eigenvalue weighted by molar-refractivity contribution is 7.09. The molecule has 1 aromatic rings. The summed E-state index contributed by atoms with van der Waals surface area (Å²) in [5.74, 6) is 0.147. The van der Waals surface area contributed by atoms with Gasteiger partial charge in [-0.05, 0) is 0 Å². The number of nitrogens with zero attached hydrogens (tertiary/aromatic N) is 2. The van der Waals surface area contributed by atoms with E-state index in [0.29, 0.717) is 6.54 Å². The highest BCUT2D eigenvalue weighted by atomic mass is 32.1. The zero-order valence-electron chi connectivity index (χ0n) is 6.91. The maximum Gasteiger partial charge on any atom is 0.219 e. The lowest BCUT2D eigenvalue weighted by Crippen LogP contribution is -2.33. The van der Waals surface area contributed by atoms with Crippen LogP contribution >= 0.6 is 11.3 Å². The van der Waals surface area contributed by atoms with Crippen molar-refractivity contribution in [2.75, 3.05) is 6.54 Å². The number of hydrogen-bond donors (Lipinski definition) is 0. The summed E-state index contributed by atoms with van der Waals surface area (Å²) < 4.78 is 0. The summed E-state index contributed by atoms with van der Waals surface area (Å²) in [7, 11) is 0. The van der Waals surface area contributed by atoms with Crippen LogP contribution in [-0.4, -0.2) is 22.3 Å². The number of hydrogen-bond acceptors (Lipinski definition) is 3. The Bertz CT molecular complexity index is 308. The van der Waals surface area contributed by atoms with Gasteiger partial charge in [-0.1, -0.05) is 0 Å². The Labute approximate surface area is 75.0 Å². The van der Waals surface area contributed by atoms with E-state index >= 15 is 0 Å². The number of amides is 1. The van der Waals surface area contributed by atoms with Gasteiger partial charge in [0.2, 0.25) is 5.91 Å². The molecule has 2 heterocycles. The molecular formula is C8H10N2OS. The minimum Gasteiger partial charge on any atom is -0.337 e. The molecule has 1 aromatic heterocycles. The van der Waals surface area contributed by atoms with Crippen LogP contribution in [0, 0.1) is 0 Å². The molecule has 4 heteroatoms. The number of thiazole rings is 1. The van der Waals surface area contributed by atoms with Gasteiger partial charge in [-0.25, -0.2) is 4.98 Å². The molecule has 0 bridgehead atoms. The standard InChI is InChI=1S/C8H10N2OS/c1-6(11)10-3-2-8-7(4-10)9-5-12-8/h5H,2-4H2,1H3. The van der Waals surface area contributed by atoms with E-state index in [1.165, 1.54) is 4.88 Å². The van der Waals surface area contributed by atoms with E-state index in [-0.39, 0.29) is 5.91 Å². The van der Waals surface area contributed by atoms with Gasteiger partial charge in [-0.15, -0.1) is 11.3 Å². The molecule has 64 valence electrons. The first-order valence-electron chi connectivity index (χ1n) is 3.94. The summed E-state index contributed by atoms with van der Waals surface area (Å²) in [6.07, 6.45) is 0.972. The molecule has 1 aliphatic heterocycles. The maximum atomic E-state index is 11.0. The van der Waals surface area contributed by atoms with Crippen LogP contribution in [0.4, 0.5) is 0 Å². The largest absolute Gasteiger partial charge is 0.337 e. The zero-order valence-corrected chi connectivity index (χ0v) is 7.73. The second-order valence-electron chi connectivity index (χ2n) is 2.91. The minimum absolute atomic E-state index is 0.147. The molecule has 2 rings (SSSR count). The van der Waals surface area contributed by atoms with Crippen LogP contribution in [-0.2, 0) is 17.8 Å². The molecule has 0 spiro atoms. The van der Waals surface area contributed by atoms with Gasteiger partial charge in [-0.2, -0.15) is 0 Å². The Morgan fingerprint density at radius 1 is 1.75 bits per heavy atom. The quantitative estimate of drug-likeness (QED) is 0.601. The summed E-state index contributed by atoms with van der Waals surface area (Å²) in [4.78, 5) is 18.4. The molecule has 0 N–H and O–H groups in total. The van der Waals surface area contributed by atoms with Crippen molar-refractivity contribution >= 4 is 17.2 Å². The Morgan fingerprint density at radius 3 is 3.33 bits per heavy atom. The fourth-order valence-electron chi connectivity index (χ4n) is 1.39. The number of carbonyl (C=O) groups excluding carboxylic acids is 1.